The lowest BCUT2D eigenvalue weighted by Gasteiger charge is -2.25. The highest BCUT2D eigenvalue weighted by atomic mass is 16.5. The van der Waals surface area contributed by atoms with E-state index in [4.69, 9.17) is 10.00 Å². The van der Waals surface area contributed by atoms with Gasteiger partial charge in [0.2, 0.25) is 5.91 Å². The van der Waals surface area contributed by atoms with Gasteiger partial charge in [-0.15, -0.1) is 0 Å². The van der Waals surface area contributed by atoms with Crippen molar-refractivity contribution in [3.63, 3.8) is 0 Å². The summed E-state index contributed by atoms with van der Waals surface area (Å²) < 4.78 is 4.81. The summed E-state index contributed by atoms with van der Waals surface area (Å²) in [5.74, 6) is -1.77. The van der Waals surface area contributed by atoms with Crippen molar-refractivity contribution in [2.45, 2.75) is 25.3 Å². The number of nitrogens with zero attached hydrogens (tertiary/aromatic N) is 1. The van der Waals surface area contributed by atoms with Gasteiger partial charge in [0.25, 0.3) is 0 Å². The van der Waals surface area contributed by atoms with Crippen LogP contribution < -0.4 is 5.32 Å². The zero-order valence-corrected chi connectivity index (χ0v) is 14.9. The van der Waals surface area contributed by atoms with Crippen molar-refractivity contribution >= 4 is 11.9 Å². The molecule has 5 nitrogen and oxygen atoms in total. The van der Waals surface area contributed by atoms with Crippen LogP contribution in [0.5, 0.6) is 0 Å². The van der Waals surface area contributed by atoms with Crippen molar-refractivity contribution in [2.75, 3.05) is 7.11 Å². The molecule has 0 spiro atoms. The smallest absolute Gasteiger partial charge is 0.328 e. The van der Waals surface area contributed by atoms with Crippen LogP contribution in [0.2, 0.25) is 0 Å². The molecule has 0 saturated carbocycles. The van der Waals surface area contributed by atoms with Crippen molar-refractivity contribution in [2.24, 2.45) is 5.92 Å². The molecule has 0 fully saturated rings. The molecule has 0 aliphatic rings. The summed E-state index contributed by atoms with van der Waals surface area (Å²) in [6, 6.07) is 19.9. The quantitative estimate of drug-likeness (QED) is 0.779. The molecular weight excluding hydrogens is 328 g/mol. The third kappa shape index (κ3) is 4.70. The third-order valence-corrected chi connectivity index (χ3v) is 4.26. The Labute approximate surface area is 153 Å². The molecule has 1 N–H and O–H groups in total. The number of benzene rings is 2. The van der Waals surface area contributed by atoms with E-state index >= 15 is 0 Å². The van der Waals surface area contributed by atoms with Gasteiger partial charge < -0.3 is 10.1 Å². The zero-order chi connectivity index (χ0) is 18.9. The maximum absolute atomic E-state index is 13.1. The van der Waals surface area contributed by atoms with Gasteiger partial charge in [0.1, 0.15) is 6.04 Å². The van der Waals surface area contributed by atoms with Gasteiger partial charge in [-0.3, -0.25) is 4.79 Å². The van der Waals surface area contributed by atoms with Crippen LogP contribution in [0, 0.1) is 17.2 Å². The number of methoxy groups -OCH3 is 1. The van der Waals surface area contributed by atoms with Crippen LogP contribution in [0.4, 0.5) is 0 Å². The van der Waals surface area contributed by atoms with Gasteiger partial charge in [-0.2, -0.15) is 5.26 Å². The topological polar surface area (TPSA) is 79.2 Å². The van der Waals surface area contributed by atoms with E-state index in [1.165, 1.54) is 7.11 Å². The second kappa shape index (κ2) is 9.38. The maximum Gasteiger partial charge on any atom is 0.328 e. The fourth-order valence-corrected chi connectivity index (χ4v) is 2.85. The summed E-state index contributed by atoms with van der Waals surface area (Å²) >= 11 is 0. The summed E-state index contributed by atoms with van der Waals surface area (Å²) in [4.78, 5) is 25.2. The van der Waals surface area contributed by atoms with Crippen molar-refractivity contribution < 1.29 is 14.3 Å². The minimum atomic E-state index is -0.873. The minimum Gasteiger partial charge on any atom is -0.467 e. The van der Waals surface area contributed by atoms with Crippen molar-refractivity contribution in [1.29, 1.82) is 5.26 Å². The van der Waals surface area contributed by atoms with Crippen molar-refractivity contribution in [1.82, 2.24) is 5.32 Å². The van der Waals surface area contributed by atoms with Crippen LogP contribution in [-0.4, -0.2) is 25.0 Å². The highest BCUT2D eigenvalue weighted by Gasteiger charge is 2.31. The first-order valence-electron chi connectivity index (χ1n) is 8.43. The summed E-state index contributed by atoms with van der Waals surface area (Å²) in [5, 5.41) is 11.7. The average molecular weight is 350 g/mol. The van der Waals surface area contributed by atoms with E-state index < -0.39 is 17.9 Å². The van der Waals surface area contributed by atoms with E-state index in [2.05, 4.69) is 5.32 Å². The number of hydrogen-bond acceptors (Lipinski definition) is 4. The lowest BCUT2D eigenvalue weighted by Crippen LogP contribution is -2.47. The molecule has 26 heavy (non-hydrogen) atoms. The molecule has 0 heterocycles. The van der Waals surface area contributed by atoms with E-state index in [-0.39, 0.29) is 18.2 Å². The van der Waals surface area contributed by atoms with E-state index in [0.29, 0.717) is 0 Å². The molecule has 2 aromatic carbocycles. The molecule has 0 aromatic heterocycles. The van der Waals surface area contributed by atoms with Gasteiger partial charge in [0.15, 0.2) is 0 Å². The summed E-state index contributed by atoms with van der Waals surface area (Å²) in [5.41, 5.74) is 1.65. The molecule has 0 radical (unpaired) electrons. The fraction of sp³-hybridized carbons (Fsp3) is 0.286. The van der Waals surface area contributed by atoms with Gasteiger partial charge >= 0.3 is 5.97 Å². The predicted octanol–water partition coefficient (Wildman–Crippen LogP) is 3.03. The first-order valence-corrected chi connectivity index (χ1v) is 8.43. The number of nitriles is 1. The Kier molecular flexibility index (Phi) is 6.92. The van der Waals surface area contributed by atoms with Crippen molar-refractivity contribution in [3.8, 4) is 6.07 Å². The molecule has 0 bridgehead atoms. The largest absolute Gasteiger partial charge is 0.467 e. The van der Waals surface area contributed by atoms with Crippen LogP contribution in [-0.2, 0) is 14.3 Å². The molecule has 0 unspecified atom stereocenters. The zero-order valence-electron chi connectivity index (χ0n) is 14.9. The monoisotopic (exact) mass is 350 g/mol. The number of carbonyl (C=O) groups is 2. The number of amides is 1. The SMILES string of the molecule is COC(=O)[C@H](NC(=O)C(c1ccccc1)c1ccccc1)[C@@H](C)CC#N. The van der Waals surface area contributed by atoms with E-state index in [1.807, 2.05) is 66.7 Å². The molecular formula is C21H22N2O3. The highest BCUT2D eigenvalue weighted by Crippen LogP contribution is 2.25. The normalized spacial score (nSPS) is 12.7. The Morgan fingerprint density at radius 1 is 1.04 bits per heavy atom. The highest BCUT2D eigenvalue weighted by molar-refractivity contribution is 5.91. The average Bonchev–Trinajstić information content (AvgIpc) is 2.67. The van der Waals surface area contributed by atoms with Gasteiger partial charge in [0, 0.05) is 12.3 Å². The Bertz CT molecular complexity index is 729. The van der Waals surface area contributed by atoms with E-state index in [9.17, 15) is 9.59 Å². The first-order chi connectivity index (χ1) is 12.6. The molecule has 0 aliphatic carbocycles. The number of carbonyl (C=O) groups excluding carboxylic acids is 2. The number of nitrogens with one attached hydrogen (secondary N) is 1. The Morgan fingerprint density at radius 3 is 1.96 bits per heavy atom. The number of esters is 1. The number of rotatable bonds is 7. The van der Waals surface area contributed by atoms with Gasteiger partial charge in [-0.1, -0.05) is 67.6 Å². The number of ether oxygens (including phenoxy) is 1. The van der Waals surface area contributed by atoms with Crippen molar-refractivity contribution in [3.05, 3.63) is 71.8 Å². The lowest BCUT2D eigenvalue weighted by molar-refractivity contribution is -0.146. The van der Waals surface area contributed by atoms with Crippen LogP contribution in [0.15, 0.2) is 60.7 Å². The molecule has 2 atom stereocenters. The third-order valence-electron chi connectivity index (χ3n) is 4.26. The fourth-order valence-electron chi connectivity index (χ4n) is 2.85. The standard InChI is InChI=1S/C21H22N2O3/c1-15(13-14-22)19(21(25)26-2)23-20(24)18(16-9-5-3-6-10-16)17-11-7-4-8-12-17/h3-12,15,18-19H,13H2,1-2H3,(H,23,24)/t15-,19+/m0/s1. The second-order valence-electron chi connectivity index (χ2n) is 6.10. The molecule has 2 rings (SSSR count). The molecule has 134 valence electrons. The first kappa shape index (κ1) is 19.2. The second-order valence-corrected chi connectivity index (χ2v) is 6.10. The Hall–Kier alpha value is -3.13. The van der Waals surface area contributed by atoms with Crippen LogP contribution in [0.3, 0.4) is 0 Å². The van der Waals surface area contributed by atoms with E-state index in [0.717, 1.165) is 11.1 Å². The Morgan fingerprint density at radius 2 is 1.54 bits per heavy atom. The maximum atomic E-state index is 13.1. The molecule has 5 heteroatoms. The molecule has 0 saturated heterocycles. The molecule has 2 aromatic rings. The number of hydrogen-bond donors (Lipinski definition) is 1. The van der Waals surface area contributed by atoms with Gasteiger partial charge in [0.05, 0.1) is 19.1 Å². The summed E-state index contributed by atoms with van der Waals surface area (Å²) in [6.45, 7) is 1.74. The van der Waals surface area contributed by atoms with Crippen LogP contribution >= 0.6 is 0 Å². The van der Waals surface area contributed by atoms with E-state index in [1.54, 1.807) is 6.92 Å². The Balaban J connectivity index is 2.34. The van der Waals surface area contributed by atoms with Gasteiger partial charge in [-0.05, 0) is 11.1 Å². The lowest BCUT2D eigenvalue weighted by atomic mass is 9.89. The molecule has 1 amide bonds. The predicted molar refractivity (Wildman–Crippen MR) is 98.1 cm³/mol. The summed E-state index contributed by atoms with van der Waals surface area (Å²) in [7, 11) is 1.27. The van der Waals surface area contributed by atoms with Crippen LogP contribution in [0.25, 0.3) is 0 Å². The minimum absolute atomic E-state index is 0.140. The summed E-state index contributed by atoms with van der Waals surface area (Å²) in [6.07, 6.45) is 0.140. The van der Waals surface area contributed by atoms with Crippen LogP contribution in [0.1, 0.15) is 30.4 Å². The molecule has 0 aliphatic heterocycles. The van der Waals surface area contributed by atoms with Gasteiger partial charge in [-0.25, -0.2) is 4.79 Å².